The third-order valence-electron chi connectivity index (χ3n) is 6.21. The van der Waals surface area contributed by atoms with Gasteiger partial charge in [-0.25, -0.2) is 0 Å². The summed E-state index contributed by atoms with van der Waals surface area (Å²) in [5.41, 5.74) is 0. The summed E-state index contributed by atoms with van der Waals surface area (Å²) in [7, 11) is 0. The van der Waals surface area contributed by atoms with Crippen LogP contribution in [0.1, 0.15) is 116 Å². The van der Waals surface area contributed by atoms with Crippen molar-refractivity contribution in [2.24, 2.45) is 5.92 Å². The maximum Gasteiger partial charge on any atom is 0.0631 e. The minimum absolute atomic E-state index is 0.116. The van der Waals surface area contributed by atoms with E-state index in [0.29, 0.717) is 12.2 Å². The number of hydrogen-bond donors (Lipinski definition) is 1. The molecule has 0 aromatic carbocycles. The van der Waals surface area contributed by atoms with Crippen LogP contribution in [0, 0.1) is 5.92 Å². The first kappa shape index (κ1) is 20.2. The lowest BCUT2D eigenvalue weighted by Gasteiger charge is -2.39. The molecule has 2 aliphatic rings. The van der Waals surface area contributed by atoms with Gasteiger partial charge in [-0.1, -0.05) is 84.0 Å². The van der Waals surface area contributed by atoms with Gasteiger partial charge in [0.15, 0.2) is 0 Å². The van der Waals surface area contributed by atoms with Crippen molar-refractivity contribution in [3.63, 3.8) is 0 Å². The van der Waals surface area contributed by atoms with Gasteiger partial charge in [-0.2, -0.15) is 0 Å². The van der Waals surface area contributed by atoms with E-state index in [4.69, 9.17) is 4.74 Å². The third-order valence-corrected chi connectivity index (χ3v) is 6.21. The highest BCUT2D eigenvalue weighted by atomic mass is 16.5. The Morgan fingerprint density at radius 3 is 2.08 bits per heavy atom. The Labute approximate surface area is 150 Å². The standard InChI is InChI=1S/C22H42O2/c1-2-3-4-5-6-7-8-9-13-16-21-17-20(23)18-22(24-21)19-14-11-10-12-15-19/h19-23H,2-18H2,1H3/t20-,21+,22+/m0/s1. The monoisotopic (exact) mass is 338 g/mol. The Hall–Kier alpha value is -0.0800. The second-order valence-corrected chi connectivity index (χ2v) is 8.44. The molecule has 0 amide bonds. The van der Waals surface area contributed by atoms with E-state index in [0.717, 1.165) is 25.2 Å². The maximum atomic E-state index is 10.2. The summed E-state index contributed by atoms with van der Waals surface area (Å²) >= 11 is 0. The van der Waals surface area contributed by atoms with E-state index < -0.39 is 0 Å². The van der Waals surface area contributed by atoms with Crippen molar-refractivity contribution >= 4 is 0 Å². The average Bonchev–Trinajstić information content (AvgIpc) is 2.60. The zero-order chi connectivity index (χ0) is 17.0. The predicted molar refractivity (Wildman–Crippen MR) is 102 cm³/mol. The van der Waals surface area contributed by atoms with E-state index in [1.165, 1.54) is 89.9 Å². The fourth-order valence-electron chi connectivity index (χ4n) is 4.70. The van der Waals surface area contributed by atoms with Gasteiger partial charge in [-0.15, -0.1) is 0 Å². The van der Waals surface area contributed by atoms with Gasteiger partial charge in [0.1, 0.15) is 0 Å². The summed E-state index contributed by atoms with van der Waals surface area (Å²) in [6.07, 6.45) is 22.7. The molecule has 0 aromatic heterocycles. The zero-order valence-electron chi connectivity index (χ0n) is 16.2. The Balaban J connectivity index is 1.53. The van der Waals surface area contributed by atoms with Crippen molar-refractivity contribution in [2.75, 3.05) is 0 Å². The van der Waals surface area contributed by atoms with Crippen molar-refractivity contribution in [3.05, 3.63) is 0 Å². The van der Waals surface area contributed by atoms with E-state index in [9.17, 15) is 5.11 Å². The Morgan fingerprint density at radius 1 is 0.792 bits per heavy atom. The molecule has 1 aliphatic carbocycles. The number of aliphatic hydroxyl groups excluding tert-OH is 1. The van der Waals surface area contributed by atoms with E-state index in [1.54, 1.807) is 0 Å². The maximum absolute atomic E-state index is 10.2. The second-order valence-electron chi connectivity index (χ2n) is 8.44. The molecule has 24 heavy (non-hydrogen) atoms. The Kier molecular flexibility index (Phi) is 10.4. The van der Waals surface area contributed by atoms with Crippen LogP contribution in [0.25, 0.3) is 0 Å². The smallest absolute Gasteiger partial charge is 0.0631 e. The van der Waals surface area contributed by atoms with Crippen LogP contribution in [0.2, 0.25) is 0 Å². The van der Waals surface area contributed by atoms with Gasteiger partial charge in [0.2, 0.25) is 0 Å². The summed E-state index contributed by atoms with van der Waals surface area (Å²) in [4.78, 5) is 0. The van der Waals surface area contributed by atoms with Crippen LogP contribution in [-0.4, -0.2) is 23.4 Å². The van der Waals surface area contributed by atoms with Crippen molar-refractivity contribution < 1.29 is 9.84 Å². The quantitative estimate of drug-likeness (QED) is 0.442. The highest BCUT2D eigenvalue weighted by molar-refractivity contribution is 4.83. The van der Waals surface area contributed by atoms with Crippen LogP contribution in [0.15, 0.2) is 0 Å². The van der Waals surface area contributed by atoms with Crippen LogP contribution in [0.4, 0.5) is 0 Å². The highest BCUT2D eigenvalue weighted by Gasteiger charge is 2.33. The molecule has 1 N–H and O–H groups in total. The Bertz CT molecular complexity index is 298. The van der Waals surface area contributed by atoms with Crippen molar-refractivity contribution in [2.45, 2.75) is 134 Å². The fourth-order valence-corrected chi connectivity index (χ4v) is 4.70. The average molecular weight is 339 g/mol. The van der Waals surface area contributed by atoms with Crippen LogP contribution < -0.4 is 0 Å². The van der Waals surface area contributed by atoms with Crippen molar-refractivity contribution in [1.29, 1.82) is 0 Å². The normalized spacial score (nSPS) is 29.0. The van der Waals surface area contributed by atoms with Crippen LogP contribution in [-0.2, 0) is 4.74 Å². The molecule has 1 saturated heterocycles. The third kappa shape index (κ3) is 7.87. The van der Waals surface area contributed by atoms with Crippen molar-refractivity contribution in [3.8, 4) is 0 Å². The molecule has 0 aromatic rings. The van der Waals surface area contributed by atoms with E-state index in [1.807, 2.05) is 0 Å². The van der Waals surface area contributed by atoms with Gasteiger partial charge in [0.25, 0.3) is 0 Å². The molecule has 1 saturated carbocycles. The molecule has 2 fully saturated rings. The highest BCUT2D eigenvalue weighted by Crippen LogP contribution is 2.35. The number of ether oxygens (including phenoxy) is 1. The molecule has 0 unspecified atom stereocenters. The fraction of sp³-hybridized carbons (Fsp3) is 1.00. The van der Waals surface area contributed by atoms with Crippen LogP contribution in [0.3, 0.4) is 0 Å². The molecule has 142 valence electrons. The first-order valence-electron chi connectivity index (χ1n) is 11.1. The molecule has 2 rings (SSSR count). The number of aliphatic hydroxyl groups is 1. The summed E-state index contributed by atoms with van der Waals surface area (Å²) in [5.74, 6) is 0.722. The molecule has 0 radical (unpaired) electrons. The summed E-state index contributed by atoms with van der Waals surface area (Å²) in [6.45, 7) is 2.28. The van der Waals surface area contributed by atoms with Gasteiger partial charge in [0, 0.05) is 0 Å². The van der Waals surface area contributed by atoms with Gasteiger partial charge in [-0.3, -0.25) is 0 Å². The molecular weight excluding hydrogens is 296 g/mol. The molecule has 2 heteroatoms. The van der Waals surface area contributed by atoms with E-state index >= 15 is 0 Å². The van der Waals surface area contributed by atoms with Gasteiger partial charge >= 0.3 is 0 Å². The molecule has 2 nitrogen and oxygen atoms in total. The zero-order valence-corrected chi connectivity index (χ0v) is 16.2. The first-order chi connectivity index (χ1) is 11.8. The number of rotatable bonds is 11. The summed E-state index contributed by atoms with van der Waals surface area (Å²) in [6, 6.07) is 0. The largest absolute Gasteiger partial charge is 0.393 e. The van der Waals surface area contributed by atoms with Crippen LogP contribution in [0.5, 0.6) is 0 Å². The van der Waals surface area contributed by atoms with Gasteiger partial charge in [0.05, 0.1) is 18.3 Å². The van der Waals surface area contributed by atoms with Crippen LogP contribution >= 0.6 is 0 Å². The molecule has 1 heterocycles. The van der Waals surface area contributed by atoms with E-state index in [-0.39, 0.29) is 6.10 Å². The van der Waals surface area contributed by atoms with E-state index in [2.05, 4.69) is 6.92 Å². The first-order valence-corrected chi connectivity index (χ1v) is 11.1. The lowest BCUT2D eigenvalue weighted by atomic mass is 9.81. The van der Waals surface area contributed by atoms with Crippen molar-refractivity contribution in [1.82, 2.24) is 0 Å². The Morgan fingerprint density at radius 2 is 1.42 bits per heavy atom. The predicted octanol–water partition coefficient (Wildman–Crippen LogP) is 6.40. The molecule has 3 atom stereocenters. The summed E-state index contributed by atoms with van der Waals surface area (Å²) < 4.78 is 6.41. The lowest BCUT2D eigenvalue weighted by molar-refractivity contribution is -0.124. The molecular formula is C22H42O2. The molecule has 0 bridgehead atoms. The minimum atomic E-state index is -0.116. The van der Waals surface area contributed by atoms with Gasteiger partial charge in [-0.05, 0) is 38.0 Å². The SMILES string of the molecule is CCCCCCCCCCC[C@@H]1C[C@H](O)C[C@H](C2CCCCC2)O1. The summed E-state index contributed by atoms with van der Waals surface area (Å²) in [5, 5.41) is 10.2. The molecule has 0 spiro atoms. The topological polar surface area (TPSA) is 29.5 Å². The second kappa shape index (κ2) is 12.3. The number of unbranched alkanes of at least 4 members (excludes halogenated alkanes) is 8. The molecule has 1 aliphatic heterocycles. The van der Waals surface area contributed by atoms with Gasteiger partial charge < -0.3 is 9.84 Å². The number of hydrogen-bond acceptors (Lipinski definition) is 2. The lowest BCUT2D eigenvalue weighted by Crippen LogP contribution is -2.40. The minimum Gasteiger partial charge on any atom is -0.393 e.